The molecule has 0 saturated heterocycles. The molecule has 1 aromatic carbocycles. The van der Waals surface area contributed by atoms with Gasteiger partial charge in [-0.2, -0.15) is 0 Å². The molecule has 1 atom stereocenters. The lowest BCUT2D eigenvalue weighted by molar-refractivity contribution is 0.240. The molecule has 21 heavy (non-hydrogen) atoms. The predicted molar refractivity (Wildman–Crippen MR) is 86.6 cm³/mol. The summed E-state index contributed by atoms with van der Waals surface area (Å²) in [5.74, 6) is 1.99. The van der Waals surface area contributed by atoms with Crippen LogP contribution in [-0.4, -0.2) is 31.6 Å². The van der Waals surface area contributed by atoms with Gasteiger partial charge >= 0.3 is 0 Å². The first-order chi connectivity index (χ1) is 10.2. The summed E-state index contributed by atoms with van der Waals surface area (Å²) in [5, 5.41) is 3.32. The van der Waals surface area contributed by atoms with Crippen molar-refractivity contribution in [1.29, 1.82) is 0 Å². The summed E-state index contributed by atoms with van der Waals surface area (Å²) in [6.07, 6.45) is 5.61. The zero-order valence-electron chi connectivity index (χ0n) is 13.6. The van der Waals surface area contributed by atoms with Crippen molar-refractivity contribution in [2.75, 3.05) is 20.7 Å². The maximum absolute atomic E-state index is 5.59. The molecule has 0 amide bonds. The average Bonchev–Trinajstić information content (AvgIpc) is 3.38. The van der Waals surface area contributed by atoms with E-state index >= 15 is 0 Å². The van der Waals surface area contributed by atoms with Gasteiger partial charge in [0.05, 0.1) is 7.11 Å². The lowest BCUT2D eigenvalue weighted by atomic mass is 10.0. The molecule has 0 spiro atoms. The maximum atomic E-state index is 5.59. The number of ether oxygens (including phenoxy) is 1. The standard InChI is InChI=1S/C18H28N2O/c1-13(19-2)15-6-9-18(21-3)16(10-15)12-20(17-7-8-17)11-14-4-5-14/h6,9-10,13-14,17,19H,4-5,7-8,11-12H2,1-3H3. The fourth-order valence-electron chi connectivity index (χ4n) is 2.99. The van der Waals surface area contributed by atoms with Crippen molar-refractivity contribution in [3.8, 4) is 5.75 Å². The molecule has 2 aliphatic carbocycles. The van der Waals surface area contributed by atoms with E-state index in [1.54, 1.807) is 7.11 Å². The third-order valence-electron chi connectivity index (χ3n) is 4.86. The van der Waals surface area contributed by atoms with Crippen molar-refractivity contribution in [3.05, 3.63) is 29.3 Å². The van der Waals surface area contributed by atoms with Crippen molar-refractivity contribution in [2.24, 2.45) is 5.92 Å². The minimum atomic E-state index is 0.382. The van der Waals surface area contributed by atoms with E-state index in [-0.39, 0.29) is 0 Å². The highest BCUT2D eigenvalue weighted by molar-refractivity contribution is 5.38. The van der Waals surface area contributed by atoms with E-state index in [0.717, 1.165) is 24.3 Å². The van der Waals surface area contributed by atoms with Crippen LogP contribution >= 0.6 is 0 Å². The van der Waals surface area contributed by atoms with Crippen molar-refractivity contribution < 1.29 is 4.74 Å². The minimum absolute atomic E-state index is 0.382. The van der Waals surface area contributed by atoms with Gasteiger partial charge in [0.15, 0.2) is 0 Å². The van der Waals surface area contributed by atoms with E-state index in [1.165, 1.54) is 43.4 Å². The smallest absolute Gasteiger partial charge is 0.123 e. The molecule has 2 aliphatic rings. The molecule has 1 aromatic rings. The maximum Gasteiger partial charge on any atom is 0.123 e. The summed E-state index contributed by atoms with van der Waals surface area (Å²) >= 11 is 0. The molecule has 0 heterocycles. The van der Waals surface area contributed by atoms with E-state index in [2.05, 4.69) is 35.3 Å². The third kappa shape index (κ3) is 3.78. The summed E-state index contributed by atoms with van der Waals surface area (Å²) in [4.78, 5) is 2.68. The summed E-state index contributed by atoms with van der Waals surface area (Å²) < 4.78 is 5.59. The quantitative estimate of drug-likeness (QED) is 0.794. The Hall–Kier alpha value is -1.06. The number of methoxy groups -OCH3 is 1. The van der Waals surface area contributed by atoms with Crippen molar-refractivity contribution in [3.63, 3.8) is 0 Å². The summed E-state index contributed by atoms with van der Waals surface area (Å²) in [5.41, 5.74) is 2.68. The first-order valence-electron chi connectivity index (χ1n) is 8.29. The van der Waals surface area contributed by atoms with Gasteiger partial charge in [0.2, 0.25) is 0 Å². The van der Waals surface area contributed by atoms with Crippen LogP contribution in [0.4, 0.5) is 0 Å². The fraction of sp³-hybridized carbons (Fsp3) is 0.667. The first-order valence-corrected chi connectivity index (χ1v) is 8.29. The van der Waals surface area contributed by atoms with E-state index < -0.39 is 0 Å². The molecule has 0 aromatic heterocycles. The van der Waals surface area contributed by atoms with Crippen LogP contribution in [0.5, 0.6) is 5.75 Å². The van der Waals surface area contributed by atoms with Gasteiger partial charge in [0.1, 0.15) is 5.75 Å². The molecule has 2 saturated carbocycles. The minimum Gasteiger partial charge on any atom is -0.496 e. The van der Waals surface area contributed by atoms with Gasteiger partial charge in [0.25, 0.3) is 0 Å². The van der Waals surface area contributed by atoms with Crippen LogP contribution in [0.3, 0.4) is 0 Å². The van der Waals surface area contributed by atoms with Crippen LogP contribution in [0, 0.1) is 5.92 Å². The largest absolute Gasteiger partial charge is 0.496 e. The van der Waals surface area contributed by atoms with Gasteiger partial charge in [-0.15, -0.1) is 0 Å². The highest BCUT2D eigenvalue weighted by Crippen LogP contribution is 2.36. The van der Waals surface area contributed by atoms with Gasteiger partial charge in [-0.05, 0) is 63.3 Å². The highest BCUT2D eigenvalue weighted by atomic mass is 16.5. The number of nitrogens with one attached hydrogen (secondary N) is 1. The van der Waals surface area contributed by atoms with Crippen LogP contribution in [0.1, 0.15) is 49.8 Å². The lowest BCUT2D eigenvalue weighted by Crippen LogP contribution is -2.28. The number of nitrogens with zero attached hydrogens (tertiary/aromatic N) is 1. The summed E-state index contributed by atoms with van der Waals surface area (Å²) in [7, 11) is 3.79. The lowest BCUT2D eigenvalue weighted by Gasteiger charge is -2.24. The molecule has 2 fully saturated rings. The number of rotatable bonds is 8. The Morgan fingerprint density at radius 1 is 1.29 bits per heavy atom. The molecule has 0 aliphatic heterocycles. The second-order valence-corrected chi connectivity index (χ2v) is 6.69. The Kier molecular flexibility index (Phi) is 4.51. The molecular formula is C18H28N2O. The SMILES string of the molecule is CNC(C)c1ccc(OC)c(CN(CC2CC2)C2CC2)c1. The van der Waals surface area contributed by atoms with E-state index in [4.69, 9.17) is 4.74 Å². The summed E-state index contributed by atoms with van der Waals surface area (Å²) in [6, 6.07) is 7.82. The molecule has 3 rings (SSSR count). The summed E-state index contributed by atoms with van der Waals surface area (Å²) in [6.45, 7) is 4.52. The van der Waals surface area contributed by atoms with Gasteiger partial charge in [0, 0.05) is 30.7 Å². The van der Waals surface area contributed by atoms with E-state index in [1.807, 2.05) is 7.05 Å². The monoisotopic (exact) mass is 288 g/mol. The van der Waals surface area contributed by atoms with Gasteiger partial charge in [-0.25, -0.2) is 0 Å². The molecule has 1 N–H and O–H groups in total. The van der Waals surface area contributed by atoms with Crippen LogP contribution in [-0.2, 0) is 6.54 Å². The van der Waals surface area contributed by atoms with Crippen molar-refractivity contribution in [1.82, 2.24) is 10.2 Å². The van der Waals surface area contributed by atoms with Gasteiger partial charge in [-0.3, -0.25) is 4.90 Å². The second-order valence-electron chi connectivity index (χ2n) is 6.69. The van der Waals surface area contributed by atoms with Crippen LogP contribution in [0.25, 0.3) is 0 Å². The Balaban J connectivity index is 1.77. The van der Waals surface area contributed by atoms with Crippen LogP contribution in [0.2, 0.25) is 0 Å². The fourth-order valence-corrected chi connectivity index (χ4v) is 2.99. The van der Waals surface area contributed by atoms with Crippen molar-refractivity contribution in [2.45, 2.75) is 51.2 Å². The van der Waals surface area contributed by atoms with Gasteiger partial charge < -0.3 is 10.1 Å². The Labute approximate surface area is 128 Å². The van der Waals surface area contributed by atoms with Crippen molar-refractivity contribution >= 4 is 0 Å². The van der Waals surface area contributed by atoms with E-state index in [0.29, 0.717) is 6.04 Å². The number of hydrogen-bond donors (Lipinski definition) is 1. The molecule has 0 radical (unpaired) electrons. The molecule has 116 valence electrons. The Morgan fingerprint density at radius 2 is 2.05 bits per heavy atom. The van der Waals surface area contributed by atoms with Gasteiger partial charge in [-0.1, -0.05) is 6.07 Å². The second kappa shape index (κ2) is 6.37. The number of hydrogen-bond acceptors (Lipinski definition) is 3. The molecular weight excluding hydrogens is 260 g/mol. The predicted octanol–water partition coefficient (Wildman–Crippen LogP) is 3.35. The third-order valence-corrected chi connectivity index (χ3v) is 4.86. The van der Waals surface area contributed by atoms with Crippen LogP contribution < -0.4 is 10.1 Å². The topological polar surface area (TPSA) is 24.5 Å². The highest BCUT2D eigenvalue weighted by Gasteiger charge is 2.33. The Morgan fingerprint density at radius 3 is 2.62 bits per heavy atom. The first kappa shape index (κ1) is 14.9. The Bertz CT molecular complexity index is 480. The molecule has 3 heteroatoms. The average molecular weight is 288 g/mol. The van der Waals surface area contributed by atoms with E-state index in [9.17, 15) is 0 Å². The molecule has 1 unspecified atom stereocenters. The molecule has 0 bridgehead atoms. The zero-order chi connectivity index (χ0) is 14.8. The normalized spacial score (nSPS) is 19.8. The zero-order valence-corrected chi connectivity index (χ0v) is 13.6. The number of benzene rings is 1. The van der Waals surface area contributed by atoms with Crippen LogP contribution in [0.15, 0.2) is 18.2 Å². The molecule has 3 nitrogen and oxygen atoms in total.